The molecule has 0 bridgehead atoms. The molecule has 0 saturated carbocycles. The van der Waals surface area contributed by atoms with Crippen LogP contribution in [0.15, 0.2) is 59.8 Å². The van der Waals surface area contributed by atoms with Crippen molar-refractivity contribution in [2.24, 2.45) is 0 Å². The van der Waals surface area contributed by atoms with Crippen LogP contribution in [-0.2, 0) is 4.79 Å². The van der Waals surface area contributed by atoms with Gasteiger partial charge in [-0.15, -0.1) is 10.2 Å². The van der Waals surface area contributed by atoms with Gasteiger partial charge in [-0.25, -0.2) is 4.68 Å². The number of carbonyl (C=O) groups is 1. The molecule has 2 aromatic heterocycles. The number of amides is 1. The number of thioether (sulfide) groups is 1. The van der Waals surface area contributed by atoms with Crippen molar-refractivity contribution in [2.75, 3.05) is 16.9 Å². The van der Waals surface area contributed by atoms with Gasteiger partial charge in [0, 0.05) is 11.3 Å². The fourth-order valence-corrected chi connectivity index (χ4v) is 3.78. The van der Waals surface area contributed by atoms with E-state index in [1.54, 1.807) is 0 Å². The summed E-state index contributed by atoms with van der Waals surface area (Å²) >= 11 is 1.22. The highest BCUT2D eigenvalue weighted by molar-refractivity contribution is 7.99. The first-order valence-electron chi connectivity index (χ1n) is 9.32. The summed E-state index contributed by atoms with van der Waals surface area (Å²) in [4.78, 5) is 12.3. The van der Waals surface area contributed by atoms with E-state index in [1.807, 2.05) is 62.4 Å². The number of nitrogens with zero attached hydrogens (tertiary/aromatic N) is 4. The Bertz CT molecular complexity index is 1160. The summed E-state index contributed by atoms with van der Waals surface area (Å²) in [6.07, 6.45) is 0. The third-order valence-electron chi connectivity index (χ3n) is 4.39. The molecule has 0 atom stereocenters. The van der Waals surface area contributed by atoms with E-state index in [0.29, 0.717) is 16.7 Å². The second-order valence-electron chi connectivity index (χ2n) is 6.92. The fraction of sp³-hybridized carbons (Fsp3) is 0.143. The number of aryl methyl sites for hydroxylation is 2. The fourth-order valence-electron chi connectivity index (χ4n) is 3.13. The minimum absolute atomic E-state index is 0.137. The standard InChI is InChI=1S/C21H21N7OS/c1-13-8-14(2)10-16(9-13)23-19(29)12-30-21-27-26-20(28(21)22)18-11-17(24-25-18)15-6-4-3-5-7-15/h3-11H,12,22H2,1-2H3,(H,23,29)(H,24,25). The van der Waals surface area contributed by atoms with Gasteiger partial charge in [0.2, 0.25) is 16.9 Å². The van der Waals surface area contributed by atoms with Crippen LogP contribution in [0.5, 0.6) is 0 Å². The number of carbonyl (C=O) groups excluding carboxylic acids is 1. The van der Waals surface area contributed by atoms with Gasteiger partial charge in [-0.3, -0.25) is 9.89 Å². The van der Waals surface area contributed by atoms with Crippen molar-refractivity contribution < 1.29 is 4.79 Å². The zero-order valence-corrected chi connectivity index (χ0v) is 17.4. The van der Waals surface area contributed by atoms with Gasteiger partial charge in [0.15, 0.2) is 0 Å². The van der Waals surface area contributed by atoms with E-state index < -0.39 is 0 Å². The average molecular weight is 420 g/mol. The molecule has 152 valence electrons. The van der Waals surface area contributed by atoms with E-state index in [0.717, 1.165) is 28.1 Å². The van der Waals surface area contributed by atoms with Gasteiger partial charge in [-0.05, 0) is 43.2 Å². The van der Waals surface area contributed by atoms with Crippen molar-refractivity contribution in [3.63, 3.8) is 0 Å². The number of nitrogen functional groups attached to an aromatic ring is 1. The van der Waals surface area contributed by atoms with E-state index in [9.17, 15) is 4.79 Å². The number of nitrogens with one attached hydrogen (secondary N) is 2. The Morgan fingerprint density at radius 2 is 1.83 bits per heavy atom. The van der Waals surface area contributed by atoms with Crippen LogP contribution in [0.2, 0.25) is 0 Å². The van der Waals surface area contributed by atoms with Gasteiger partial charge < -0.3 is 11.2 Å². The summed E-state index contributed by atoms with van der Waals surface area (Å²) in [7, 11) is 0. The topological polar surface area (TPSA) is 115 Å². The number of benzene rings is 2. The number of rotatable bonds is 6. The normalized spacial score (nSPS) is 10.9. The van der Waals surface area contributed by atoms with Crippen molar-refractivity contribution in [3.05, 3.63) is 65.7 Å². The minimum atomic E-state index is -0.137. The van der Waals surface area contributed by atoms with Crippen LogP contribution in [0, 0.1) is 13.8 Å². The highest BCUT2D eigenvalue weighted by Gasteiger charge is 2.16. The molecule has 0 aliphatic heterocycles. The van der Waals surface area contributed by atoms with Gasteiger partial charge in [-0.1, -0.05) is 48.2 Å². The molecule has 2 aromatic carbocycles. The molecule has 0 fully saturated rings. The maximum atomic E-state index is 12.3. The molecular formula is C21H21N7OS. The van der Waals surface area contributed by atoms with Crippen molar-refractivity contribution in [1.82, 2.24) is 25.1 Å². The first kappa shape index (κ1) is 19.7. The molecule has 0 saturated heterocycles. The molecule has 9 heteroatoms. The number of anilines is 1. The molecule has 4 rings (SSSR count). The van der Waals surface area contributed by atoms with E-state index >= 15 is 0 Å². The van der Waals surface area contributed by atoms with Crippen molar-refractivity contribution >= 4 is 23.4 Å². The third-order valence-corrected chi connectivity index (χ3v) is 5.33. The predicted octanol–water partition coefficient (Wildman–Crippen LogP) is 3.40. The van der Waals surface area contributed by atoms with Crippen LogP contribution < -0.4 is 11.2 Å². The lowest BCUT2D eigenvalue weighted by atomic mass is 10.1. The lowest BCUT2D eigenvalue weighted by Crippen LogP contribution is -2.16. The smallest absolute Gasteiger partial charge is 0.234 e. The van der Waals surface area contributed by atoms with Crippen LogP contribution in [-0.4, -0.2) is 36.7 Å². The van der Waals surface area contributed by atoms with Crippen LogP contribution in [0.4, 0.5) is 5.69 Å². The van der Waals surface area contributed by atoms with E-state index in [4.69, 9.17) is 5.84 Å². The average Bonchev–Trinajstić information content (AvgIpc) is 3.33. The van der Waals surface area contributed by atoms with Crippen LogP contribution >= 0.6 is 11.8 Å². The summed E-state index contributed by atoms with van der Waals surface area (Å²) in [5.74, 6) is 6.63. The zero-order chi connectivity index (χ0) is 21.1. The number of nitrogens with two attached hydrogens (primary N) is 1. The van der Waals surface area contributed by atoms with E-state index in [2.05, 4.69) is 31.8 Å². The minimum Gasteiger partial charge on any atom is -0.335 e. The molecule has 0 unspecified atom stereocenters. The van der Waals surface area contributed by atoms with Gasteiger partial charge >= 0.3 is 0 Å². The second-order valence-corrected chi connectivity index (χ2v) is 7.86. The molecule has 0 aliphatic rings. The molecule has 2 heterocycles. The first-order chi connectivity index (χ1) is 14.5. The molecule has 30 heavy (non-hydrogen) atoms. The van der Waals surface area contributed by atoms with Crippen LogP contribution in [0.3, 0.4) is 0 Å². The summed E-state index contributed by atoms with van der Waals surface area (Å²) in [5.41, 5.74) is 5.39. The Kier molecular flexibility index (Phi) is 5.53. The summed E-state index contributed by atoms with van der Waals surface area (Å²) < 4.78 is 1.36. The highest BCUT2D eigenvalue weighted by atomic mass is 32.2. The number of aromatic nitrogens is 5. The SMILES string of the molecule is Cc1cc(C)cc(NC(=O)CSc2nnc(-c3cc(-c4ccccc4)n[nH]3)n2N)c1. The second kappa shape index (κ2) is 8.42. The maximum Gasteiger partial charge on any atom is 0.234 e. The molecule has 0 spiro atoms. The number of hydrogen-bond donors (Lipinski definition) is 3. The largest absolute Gasteiger partial charge is 0.335 e. The van der Waals surface area contributed by atoms with Crippen LogP contribution in [0.1, 0.15) is 11.1 Å². The first-order valence-corrected chi connectivity index (χ1v) is 10.3. The summed E-state index contributed by atoms with van der Waals surface area (Å²) in [5, 5.41) is 18.8. The van der Waals surface area contributed by atoms with Crippen molar-refractivity contribution in [2.45, 2.75) is 19.0 Å². The quantitative estimate of drug-likeness (QED) is 0.326. The van der Waals surface area contributed by atoms with Gasteiger partial charge in [0.05, 0.1) is 11.4 Å². The number of H-pyrrole nitrogens is 1. The highest BCUT2D eigenvalue weighted by Crippen LogP contribution is 2.24. The van der Waals surface area contributed by atoms with E-state index in [-0.39, 0.29) is 11.7 Å². The lowest BCUT2D eigenvalue weighted by Gasteiger charge is -2.07. The van der Waals surface area contributed by atoms with E-state index in [1.165, 1.54) is 16.4 Å². The predicted molar refractivity (Wildman–Crippen MR) is 118 cm³/mol. The van der Waals surface area contributed by atoms with Gasteiger partial charge in [0.25, 0.3) is 0 Å². The Hall–Kier alpha value is -3.59. The monoisotopic (exact) mass is 419 g/mol. The lowest BCUT2D eigenvalue weighted by molar-refractivity contribution is -0.113. The Morgan fingerprint density at radius 3 is 2.57 bits per heavy atom. The Balaban J connectivity index is 1.42. The number of aromatic amines is 1. The molecular weight excluding hydrogens is 398 g/mol. The summed E-state index contributed by atoms with van der Waals surface area (Å²) in [6, 6.07) is 17.6. The zero-order valence-electron chi connectivity index (χ0n) is 16.6. The van der Waals surface area contributed by atoms with Crippen molar-refractivity contribution in [1.29, 1.82) is 0 Å². The molecule has 8 nitrogen and oxygen atoms in total. The van der Waals surface area contributed by atoms with Crippen LogP contribution in [0.25, 0.3) is 22.8 Å². The van der Waals surface area contributed by atoms with Gasteiger partial charge in [-0.2, -0.15) is 5.10 Å². The maximum absolute atomic E-state index is 12.3. The Morgan fingerprint density at radius 1 is 1.10 bits per heavy atom. The molecule has 4 aromatic rings. The Labute approximate surface area is 177 Å². The molecule has 4 N–H and O–H groups in total. The molecule has 0 aliphatic carbocycles. The summed E-state index contributed by atoms with van der Waals surface area (Å²) in [6.45, 7) is 3.99. The third kappa shape index (κ3) is 4.36. The van der Waals surface area contributed by atoms with Gasteiger partial charge in [0.1, 0.15) is 5.69 Å². The molecule has 1 amide bonds. The van der Waals surface area contributed by atoms with Crippen molar-refractivity contribution in [3.8, 4) is 22.8 Å². The molecule has 0 radical (unpaired) electrons. The number of hydrogen-bond acceptors (Lipinski definition) is 6.